The molecule has 1 atom stereocenters. The Hall–Kier alpha value is -3.41. The fourth-order valence-corrected chi connectivity index (χ4v) is 2.98. The molecule has 0 bridgehead atoms. The van der Waals surface area contributed by atoms with Gasteiger partial charge in [-0.3, -0.25) is 0 Å². The summed E-state index contributed by atoms with van der Waals surface area (Å²) in [7, 11) is 0. The highest BCUT2D eigenvalue weighted by molar-refractivity contribution is 5.92. The molecule has 144 valence electrons. The first-order valence-electron chi connectivity index (χ1n) is 9.13. The van der Waals surface area contributed by atoms with Gasteiger partial charge in [0.25, 0.3) is 0 Å². The lowest BCUT2D eigenvalue weighted by Crippen LogP contribution is -2.18. The van der Waals surface area contributed by atoms with Crippen LogP contribution in [0, 0.1) is 6.92 Å². The summed E-state index contributed by atoms with van der Waals surface area (Å²) >= 11 is 0. The van der Waals surface area contributed by atoms with E-state index >= 15 is 0 Å². The van der Waals surface area contributed by atoms with Gasteiger partial charge in [0.05, 0.1) is 12.3 Å². The van der Waals surface area contributed by atoms with E-state index in [9.17, 15) is 4.79 Å². The Kier molecular flexibility index (Phi) is 5.89. The summed E-state index contributed by atoms with van der Waals surface area (Å²) in [5, 5.41) is 0. The van der Waals surface area contributed by atoms with Crippen LogP contribution in [0.4, 0.5) is 5.95 Å². The highest BCUT2D eigenvalue weighted by Crippen LogP contribution is 2.27. The zero-order valence-corrected chi connectivity index (χ0v) is 16.2. The minimum Gasteiger partial charge on any atom is -0.484 e. The summed E-state index contributed by atoms with van der Waals surface area (Å²) < 4.78 is 11.2. The van der Waals surface area contributed by atoms with Crippen molar-refractivity contribution in [2.24, 2.45) is 0 Å². The lowest BCUT2D eigenvalue weighted by atomic mass is 10.1. The van der Waals surface area contributed by atoms with Gasteiger partial charge in [-0.05, 0) is 44.0 Å². The number of esters is 1. The Balaban J connectivity index is 1.85. The van der Waals surface area contributed by atoms with Crippen molar-refractivity contribution in [3.8, 4) is 16.9 Å². The van der Waals surface area contributed by atoms with Crippen molar-refractivity contribution in [3.63, 3.8) is 0 Å². The van der Waals surface area contributed by atoms with Crippen LogP contribution >= 0.6 is 0 Å². The average Bonchev–Trinajstić information content (AvgIpc) is 2.68. The number of hydrogen-bond donors (Lipinski definition) is 1. The fraction of sp³-hybridized carbons (Fsp3) is 0.227. The molecule has 1 heterocycles. The summed E-state index contributed by atoms with van der Waals surface area (Å²) in [4.78, 5) is 20.7. The molecule has 2 N–H and O–H groups in total. The molecule has 0 fully saturated rings. The molecule has 1 aromatic heterocycles. The average molecular weight is 377 g/mol. The van der Waals surface area contributed by atoms with Crippen molar-refractivity contribution in [2.75, 3.05) is 12.3 Å². The van der Waals surface area contributed by atoms with E-state index in [0.717, 1.165) is 11.1 Å². The summed E-state index contributed by atoms with van der Waals surface area (Å²) in [6, 6.07) is 17.8. The van der Waals surface area contributed by atoms with Gasteiger partial charge in [-0.1, -0.05) is 42.5 Å². The summed E-state index contributed by atoms with van der Waals surface area (Å²) in [6.45, 7) is 5.53. The molecule has 6 heteroatoms. The van der Waals surface area contributed by atoms with E-state index in [-0.39, 0.29) is 12.6 Å². The number of rotatable bonds is 6. The van der Waals surface area contributed by atoms with Crippen LogP contribution < -0.4 is 10.5 Å². The summed E-state index contributed by atoms with van der Waals surface area (Å²) in [6.07, 6.45) is -0.508. The molecule has 1 unspecified atom stereocenters. The van der Waals surface area contributed by atoms with Gasteiger partial charge in [0.2, 0.25) is 5.95 Å². The SMILES string of the molecule is CCOC(=O)c1c(C)nc(N)nc1C(C)Oc1ccc(-c2ccccc2)cc1. The minimum atomic E-state index is -0.508. The number of carbonyl (C=O) groups excluding carboxylic acids is 1. The molecule has 0 amide bonds. The van der Waals surface area contributed by atoms with E-state index in [2.05, 4.69) is 22.1 Å². The van der Waals surface area contributed by atoms with Gasteiger partial charge in [0.15, 0.2) is 0 Å². The fourth-order valence-electron chi connectivity index (χ4n) is 2.98. The third kappa shape index (κ3) is 4.28. The van der Waals surface area contributed by atoms with Crippen LogP contribution in [0.1, 0.15) is 41.7 Å². The Labute approximate surface area is 164 Å². The predicted molar refractivity (Wildman–Crippen MR) is 108 cm³/mol. The van der Waals surface area contributed by atoms with Crippen LogP contribution in [0.2, 0.25) is 0 Å². The highest BCUT2D eigenvalue weighted by Gasteiger charge is 2.24. The van der Waals surface area contributed by atoms with Gasteiger partial charge in [-0.2, -0.15) is 0 Å². The number of benzene rings is 2. The first-order chi connectivity index (χ1) is 13.5. The van der Waals surface area contributed by atoms with Gasteiger partial charge < -0.3 is 15.2 Å². The molecule has 0 radical (unpaired) electrons. The predicted octanol–water partition coefficient (Wildman–Crippen LogP) is 4.35. The van der Waals surface area contributed by atoms with Crippen molar-refractivity contribution in [3.05, 3.63) is 71.5 Å². The molecule has 3 aromatic rings. The lowest BCUT2D eigenvalue weighted by molar-refractivity contribution is 0.0518. The van der Waals surface area contributed by atoms with E-state index in [1.807, 2.05) is 49.4 Å². The molecule has 0 spiro atoms. The number of nitrogens with zero attached hydrogens (tertiary/aromatic N) is 2. The monoisotopic (exact) mass is 377 g/mol. The molecule has 0 saturated carbocycles. The van der Waals surface area contributed by atoms with Gasteiger partial charge >= 0.3 is 5.97 Å². The van der Waals surface area contributed by atoms with E-state index < -0.39 is 12.1 Å². The smallest absolute Gasteiger partial charge is 0.342 e. The largest absolute Gasteiger partial charge is 0.484 e. The van der Waals surface area contributed by atoms with Gasteiger partial charge in [-0.15, -0.1) is 0 Å². The van der Waals surface area contributed by atoms with Crippen molar-refractivity contribution in [1.29, 1.82) is 0 Å². The molecule has 6 nitrogen and oxygen atoms in total. The number of hydrogen-bond acceptors (Lipinski definition) is 6. The van der Waals surface area contributed by atoms with Crippen LogP contribution in [-0.2, 0) is 4.74 Å². The molecular weight excluding hydrogens is 354 g/mol. The molecule has 3 rings (SSSR count). The van der Waals surface area contributed by atoms with E-state index in [1.54, 1.807) is 13.8 Å². The van der Waals surface area contributed by atoms with Crippen molar-refractivity contribution < 1.29 is 14.3 Å². The maximum Gasteiger partial charge on any atom is 0.342 e. The second-order valence-corrected chi connectivity index (χ2v) is 6.30. The number of carbonyl (C=O) groups is 1. The maximum atomic E-state index is 12.4. The zero-order chi connectivity index (χ0) is 20.1. The van der Waals surface area contributed by atoms with Crippen LogP contribution in [0.5, 0.6) is 5.75 Å². The van der Waals surface area contributed by atoms with Crippen LogP contribution in [0.3, 0.4) is 0 Å². The molecule has 0 aliphatic carbocycles. The van der Waals surface area contributed by atoms with E-state index in [4.69, 9.17) is 15.2 Å². The third-order valence-electron chi connectivity index (χ3n) is 4.27. The third-order valence-corrected chi connectivity index (χ3v) is 4.27. The molecule has 2 aromatic carbocycles. The molecule has 0 aliphatic rings. The normalized spacial score (nSPS) is 11.7. The second kappa shape index (κ2) is 8.52. The van der Waals surface area contributed by atoms with Crippen molar-refractivity contribution in [1.82, 2.24) is 9.97 Å². The Bertz CT molecular complexity index is 957. The zero-order valence-electron chi connectivity index (χ0n) is 16.2. The van der Waals surface area contributed by atoms with Crippen molar-refractivity contribution in [2.45, 2.75) is 26.9 Å². The maximum absolute atomic E-state index is 12.4. The number of anilines is 1. The van der Waals surface area contributed by atoms with Gasteiger partial charge in [0, 0.05) is 0 Å². The Morgan fingerprint density at radius 1 is 1.04 bits per heavy atom. The standard InChI is InChI=1S/C22H23N3O3/c1-4-27-21(26)19-14(2)24-22(23)25-20(19)15(3)28-18-12-10-17(11-13-18)16-8-6-5-7-9-16/h5-13,15H,4H2,1-3H3,(H2,23,24,25). The molecular formula is C22H23N3O3. The van der Waals surface area contributed by atoms with Gasteiger partial charge in [-0.25, -0.2) is 14.8 Å². The number of ether oxygens (including phenoxy) is 2. The first-order valence-corrected chi connectivity index (χ1v) is 9.13. The highest BCUT2D eigenvalue weighted by atomic mass is 16.5. The van der Waals surface area contributed by atoms with Gasteiger partial charge in [0.1, 0.15) is 23.1 Å². The van der Waals surface area contributed by atoms with Crippen LogP contribution in [-0.4, -0.2) is 22.5 Å². The minimum absolute atomic E-state index is 0.0930. The number of nitrogen functional groups attached to an aromatic ring is 1. The topological polar surface area (TPSA) is 87.3 Å². The van der Waals surface area contributed by atoms with Crippen molar-refractivity contribution >= 4 is 11.9 Å². The first kappa shape index (κ1) is 19.4. The summed E-state index contributed by atoms with van der Waals surface area (Å²) in [5.41, 5.74) is 9.19. The Morgan fingerprint density at radius 2 is 1.68 bits per heavy atom. The van der Waals surface area contributed by atoms with E-state index in [1.165, 1.54) is 0 Å². The lowest BCUT2D eigenvalue weighted by Gasteiger charge is -2.18. The number of aryl methyl sites for hydroxylation is 1. The second-order valence-electron chi connectivity index (χ2n) is 6.30. The Morgan fingerprint density at radius 3 is 2.32 bits per heavy atom. The molecule has 0 aliphatic heterocycles. The van der Waals surface area contributed by atoms with E-state index in [0.29, 0.717) is 22.7 Å². The number of aromatic nitrogens is 2. The summed E-state index contributed by atoms with van der Waals surface area (Å²) in [5.74, 6) is 0.275. The molecule has 0 saturated heterocycles. The quantitative estimate of drug-likeness (QED) is 0.643. The number of nitrogens with two attached hydrogens (primary N) is 1. The van der Waals surface area contributed by atoms with Crippen LogP contribution in [0.25, 0.3) is 11.1 Å². The van der Waals surface area contributed by atoms with Crippen LogP contribution in [0.15, 0.2) is 54.6 Å². The molecule has 28 heavy (non-hydrogen) atoms.